The van der Waals surface area contributed by atoms with E-state index >= 15 is 0 Å². The zero-order valence-electron chi connectivity index (χ0n) is 9.30. The fourth-order valence-corrected chi connectivity index (χ4v) is 2.49. The summed E-state index contributed by atoms with van der Waals surface area (Å²) < 4.78 is 0. The SMILES string of the molecule is CC1CCCC1C(O)Cc1nnn(C)n1. The van der Waals surface area contributed by atoms with E-state index < -0.39 is 0 Å². The van der Waals surface area contributed by atoms with Crippen LogP contribution in [0.25, 0.3) is 0 Å². The Morgan fingerprint density at radius 2 is 2.33 bits per heavy atom. The molecule has 1 aliphatic carbocycles. The summed E-state index contributed by atoms with van der Waals surface area (Å²) in [6.07, 6.45) is 3.81. The topological polar surface area (TPSA) is 63.8 Å². The lowest BCUT2D eigenvalue weighted by atomic mass is 9.90. The summed E-state index contributed by atoms with van der Waals surface area (Å²) >= 11 is 0. The highest BCUT2D eigenvalue weighted by Gasteiger charge is 2.30. The van der Waals surface area contributed by atoms with Crippen LogP contribution in [-0.4, -0.2) is 31.4 Å². The Balaban J connectivity index is 1.94. The molecule has 0 aliphatic heterocycles. The van der Waals surface area contributed by atoms with Gasteiger partial charge in [-0.15, -0.1) is 10.2 Å². The Hall–Kier alpha value is -0.970. The lowest BCUT2D eigenvalue weighted by molar-refractivity contribution is 0.0883. The van der Waals surface area contributed by atoms with Crippen molar-refractivity contribution >= 4 is 0 Å². The highest BCUT2D eigenvalue weighted by Crippen LogP contribution is 2.34. The van der Waals surface area contributed by atoms with E-state index in [0.29, 0.717) is 24.1 Å². The van der Waals surface area contributed by atoms with Gasteiger partial charge in [-0.2, -0.15) is 4.80 Å². The smallest absolute Gasteiger partial charge is 0.177 e. The first-order valence-corrected chi connectivity index (χ1v) is 5.57. The second kappa shape index (κ2) is 4.26. The highest BCUT2D eigenvalue weighted by molar-refractivity contribution is 4.87. The molecule has 1 aliphatic rings. The van der Waals surface area contributed by atoms with Crippen LogP contribution in [0.5, 0.6) is 0 Å². The van der Waals surface area contributed by atoms with Gasteiger partial charge in [0.25, 0.3) is 0 Å². The standard InChI is InChI=1S/C10H18N4O/c1-7-4-3-5-8(7)9(15)6-10-11-13-14(2)12-10/h7-9,15H,3-6H2,1-2H3. The van der Waals surface area contributed by atoms with Gasteiger partial charge in [0.05, 0.1) is 13.2 Å². The number of hydrogen-bond acceptors (Lipinski definition) is 4. The maximum Gasteiger partial charge on any atom is 0.177 e. The number of hydrogen-bond donors (Lipinski definition) is 1. The van der Waals surface area contributed by atoms with Crippen LogP contribution in [0.1, 0.15) is 32.0 Å². The van der Waals surface area contributed by atoms with Crippen LogP contribution in [0.4, 0.5) is 0 Å². The molecule has 1 aromatic heterocycles. The van der Waals surface area contributed by atoms with E-state index in [2.05, 4.69) is 22.3 Å². The van der Waals surface area contributed by atoms with E-state index in [1.807, 2.05) is 0 Å². The van der Waals surface area contributed by atoms with Gasteiger partial charge >= 0.3 is 0 Å². The van der Waals surface area contributed by atoms with E-state index in [1.54, 1.807) is 7.05 Å². The molecule has 0 bridgehead atoms. The highest BCUT2D eigenvalue weighted by atomic mass is 16.3. The molecular formula is C10H18N4O. The van der Waals surface area contributed by atoms with Crippen molar-refractivity contribution in [2.75, 3.05) is 0 Å². The summed E-state index contributed by atoms with van der Waals surface area (Å²) in [6, 6.07) is 0. The zero-order valence-corrected chi connectivity index (χ0v) is 9.30. The first kappa shape index (κ1) is 10.5. The summed E-state index contributed by atoms with van der Waals surface area (Å²) in [5.41, 5.74) is 0. The predicted octanol–water partition coefficient (Wildman–Crippen LogP) is 0.550. The second-order valence-corrected chi connectivity index (χ2v) is 4.54. The molecule has 1 N–H and O–H groups in total. The molecule has 15 heavy (non-hydrogen) atoms. The van der Waals surface area contributed by atoms with Gasteiger partial charge in [-0.05, 0) is 23.5 Å². The largest absolute Gasteiger partial charge is 0.392 e. The van der Waals surface area contributed by atoms with Crippen LogP contribution in [0.3, 0.4) is 0 Å². The van der Waals surface area contributed by atoms with Crippen LogP contribution in [0.2, 0.25) is 0 Å². The summed E-state index contributed by atoms with van der Waals surface area (Å²) in [4.78, 5) is 1.43. The maximum atomic E-state index is 10.1. The van der Waals surface area contributed by atoms with Crippen molar-refractivity contribution < 1.29 is 5.11 Å². The van der Waals surface area contributed by atoms with E-state index in [9.17, 15) is 5.11 Å². The van der Waals surface area contributed by atoms with Gasteiger partial charge in [0.1, 0.15) is 0 Å². The lowest BCUT2D eigenvalue weighted by Crippen LogP contribution is -2.25. The fraction of sp³-hybridized carbons (Fsp3) is 0.900. The quantitative estimate of drug-likeness (QED) is 0.791. The van der Waals surface area contributed by atoms with Gasteiger partial charge in [-0.3, -0.25) is 0 Å². The van der Waals surface area contributed by atoms with Gasteiger partial charge in [-0.1, -0.05) is 19.8 Å². The molecule has 1 aromatic rings. The lowest BCUT2D eigenvalue weighted by Gasteiger charge is -2.20. The van der Waals surface area contributed by atoms with Crippen LogP contribution in [0.15, 0.2) is 0 Å². The Morgan fingerprint density at radius 1 is 1.53 bits per heavy atom. The third-order valence-corrected chi connectivity index (χ3v) is 3.36. The van der Waals surface area contributed by atoms with Gasteiger partial charge < -0.3 is 5.11 Å². The van der Waals surface area contributed by atoms with Crippen molar-refractivity contribution in [2.45, 2.75) is 38.7 Å². The first-order valence-electron chi connectivity index (χ1n) is 5.57. The van der Waals surface area contributed by atoms with Crippen molar-refractivity contribution in [3.05, 3.63) is 5.82 Å². The molecule has 3 unspecified atom stereocenters. The van der Waals surface area contributed by atoms with Gasteiger partial charge in [-0.25, -0.2) is 0 Å². The van der Waals surface area contributed by atoms with Crippen LogP contribution >= 0.6 is 0 Å². The zero-order chi connectivity index (χ0) is 10.8. The number of aromatic nitrogens is 4. The normalized spacial score (nSPS) is 28.2. The third-order valence-electron chi connectivity index (χ3n) is 3.36. The molecule has 84 valence electrons. The van der Waals surface area contributed by atoms with Crippen LogP contribution in [0, 0.1) is 11.8 Å². The Kier molecular flexibility index (Phi) is 3.00. The minimum Gasteiger partial charge on any atom is -0.392 e. The molecule has 0 amide bonds. The summed E-state index contributed by atoms with van der Waals surface area (Å²) in [5, 5.41) is 21.8. The molecule has 0 aromatic carbocycles. The molecule has 1 heterocycles. The summed E-state index contributed by atoms with van der Waals surface area (Å²) in [7, 11) is 1.74. The number of nitrogens with zero attached hydrogens (tertiary/aromatic N) is 4. The van der Waals surface area contributed by atoms with Crippen LogP contribution < -0.4 is 0 Å². The molecule has 2 rings (SSSR count). The van der Waals surface area contributed by atoms with Gasteiger partial charge in [0, 0.05) is 6.42 Å². The number of rotatable bonds is 3. The number of tetrazole rings is 1. The van der Waals surface area contributed by atoms with E-state index in [4.69, 9.17) is 0 Å². The average Bonchev–Trinajstić information content (AvgIpc) is 2.75. The van der Waals surface area contributed by atoms with Crippen molar-refractivity contribution in [3.63, 3.8) is 0 Å². The number of aliphatic hydroxyl groups is 1. The molecular weight excluding hydrogens is 192 g/mol. The molecule has 1 saturated carbocycles. The Labute approximate surface area is 89.5 Å². The first-order chi connectivity index (χ1) is 7.16. The number of aryl methyl sites for hydroxylation is 1. The molecule has 0 saturated heterocycles. The molecule has 5 nitrogen and oxygen atoms in total. The predicted molar refractivity (Wildman–Crippen MR) is 55.0 cm³/mol. The van der Waals surface area contributed by atoms with E-state index in [1.165, 1.54) is 17.6 Å². The summed E-state index contributed by atoms with van der Waals surface area (Å²) in [6.45, 7) is 2.21. The van der Waals surface area contributed by atoms with Crippen molar-refractivity contribution in [1.82, 2.24) is 20.2 Å². The molecule has 0 radical (unpaired) electrons. The molecule has 1 fully saturated rings. The maximum absolute atomic E-state index is 10.1. The average molecular weight is 210 g/mol. The van der Waals surface area contributed by atoms with E-state index in [-0.39, 0.29) is 6.10 Å². The van der Waals surface area contributed by atoms with Crippen LogP contribution in [-0.2, 0) is 13.5 Å². The Bertz CT molecular complexity index is 325. The van der Waals surface area contributed by atoms with Crippen molar-refractivity contribution in [3.8, 4) is 0 Å². The molecule has 3 atom stereocenters. The van der Waals surface area contributed by atoms with E-state index in [0.717, 1.165) is 6.42 Å². The Morgan fingerprint density at radius 3 is 2.87 bits per heavy atom. The second-order valence-electron chi connectivity index (χ2n) is 4.54. The minimum absolute atomic E-state index is 0.313. The minimum atomic E-state index is -0.313. The molecule has 5 heteroatoms. The number of aliphatic hydroxyl groups excluding tert-OH is 1. The fourth-order valence-electron chi connectivity index (χ4n) is 2.49. The van der Waals surface area contributed by atoms with Gasteiger partial charge in [0.15, 0.2) is 5.82 Å². The van der Waals surface area contributed by atoms with Gasteiger partial charge in [0.2, 0.25) is 0 Å². The van der Waals surface area contributed by atoms with Crippen molar-refractivity contribution in [1.29, 1.82) is 0 Å². The van der Waals surface area contributed by atoms with Crippen molar-refractivity contribution in [2.24, 2.45) is 18.9 Å². The summed E-state index contributed by atoms with van der Waals surface area (Å²) in [5.74, 6) is 1.68. The monoisotopic (exact) mass is 210 g/mol. The molecule has 0 spiro atoms. The third kappa shape index (κ3) is 2.34.